The van der Waals surface area contributed by atoms with E-state index in [1.54, 1.807) is 0 Å². The highest BCUT2D eigenvalue weighted by Crippen LogP contribution is 2.62. The molecule has 2 heteroatoms. The number of aromatic nitrogens is 2. The van der Waals surface area contributed by atoms with Crippen LogP contribution in [0.25, 0.3) is 66.4 Å². The zero-order chi connectivity index (χ0) is 29.5. The number of benzene rings is 6. The average molecular weight is 571 g/mol. The number of fused-ring (bicyclic) bond motifs is 13. The standard InChI is InChI=1S/C43H26N2/c1-4-12-36-32(9-1)33-10-2-5-13-37(33)43(36)38-14-6-3-11-34(38)35-23-21-31(26-39(35)43)27-15-17-28(18-16-27)40-24-22-30-20-19-29-8-7-25-44-41(29)42(30)45-40/h1-26H. The van der Waals surface area contributed by atoms with Gasteiger partial charge in [-0.25, -0.2) is 4.98 Å². The molecule has 8 aromatic rings. The molecule has 0 radical (unpaired) electrons. The van der Waals surface area contributed by atoms with Crippen molar-refractivity contribution in [2.24, 2.45) is 0 Å². The molecule has 0 N–H and O–H groups in total. The summed E-state index contributed by atoms with van der Waals surface area (Å²) in [6.45, 7) is 0. The van der Waals surface area contributed by atoms with Crippen LogP contribution in [0, 0.1) is 0 Å². The van der Waals surface area contributed by atoms with Crippen LogP contribution < -0.4 is 0 Å². The summed E-state index contributed by atoms with van der Waals surface area (Å²) < 4.78 is 0. The van der Waals surface area contributed by atoms with Crippen molar-refractivity contribution in [2.75, 3.05) is 0 Å². The molecule has 2 aliphatic rings. The van der Waals surface area contributed by atoms with E-state index >= 15 is 0 Å². The molecule has 0 unspecified atom stereocenters. The fraction of sp³-hybridized carbons (Fsp3) is 0.0233. The van der Waals surface area contributed by atoms with Gasteiger partial charge in [-0.1, -0.05) is 133 Å². The summed E-state index contributed by atoms with van der Waals surface area (Å²) in [6.07, 6.45) is 1.84. The number of hydrogen-bond acceptors (Lipinski definition) is 2. The first-order chi connectivity index (χ1) is 22.3. The van der Waals surface area contributed by atoms with Gasteiger partial charge in [0, 0.05) is 22.5 Å². The van der Waals surface area contributed by atoms with Crippen LogP contribution in [-0.2, 0) is 5.41 Å². The van der Waals surface area contributed by atoms with Crippen molar-refractivity contribution in [1.82, 2.24) is 9.97 Å². The highest BCUT2D eigenvalue weighted by atomic mass is 14.7. The Labute approximate surface area is 261 Å². The van der Waals surface area contributed by atoms with E-state index < -0.39 is 0 Å². The summed E-state index contributed by atoms with van der Waals surface area (Å²) in [5, 5.41) is 2.21. The van der Waals surface area contributed by atoms with E-state index in [1.807, 2.05) is 12.3 Å². The van der Waals surface area contributed by atoms with E-state index in [2.05, 4.69) is 151 Å². The molecule has 0 saturated carbocycles. The third kappa shape index (κ3) is 3.29. The van der Waals surface area contributed by atoms with Gasteiger partial charge in [0.05, 0.1) is 22.1 Å². The van der Waals surface area contributed by atoms with Crippen LogP contribution in [0.2, 0.25) is 0 Å². The van der Waals surface area contributed by atoms with Gasteiger partial charge in [-0.3, -0.25) is 4.98 Å². The maximum atomic E-state index is 5.07. The van der Waals surface area contributed by atoms with Crippen LogP contribution in [0.15, 0.2) is 158 Å². The highest BCUT2D eigenvalue weighted by molar-refractivity contribution is 6.03. The SMILES string of the molecule is c1ccc2c(c1)-c1ccccc1C21c2ccccc2-c2ccc(-c3ccc(-c4ccc5ccc6cccnc6c5n4)cc3)cc21. The predicted octanol–water partition coefficient (Wildman–Crippen LogP) is 10.5. The van der Waals surface area contributed by atoms with Crippen LogP contribution in [0.4, 0.5) is 0 Å². The van der Waals surface area contributed by atoms with E-state index in [0.29, 0.717) is 0 Å². The Kier molecular flexibility index (Phi) is 4.95. The molecule has 0 amide bonds. The fourth-order valence-corrected chi connectivity index (χ4v) is 7.99. The number of pyridine rings is 2. The maximum Gasteiger partial charge on any atom is 0.0972 e. The van der Waals surface area contributed by atoms with Gasteiger partial charge in [0.2, 0.25) is 0 Å². The van der Waals surface area contributed by atoms with Crippen molar-refractivity contribution in [1.29, 1.82) is 0 Å². The third-order valence-electron chi connectivity index (χ3n) is 9.94. The van der Waals surface area contributed by atoms with Crippen molar-refractivity contribution < 1.29 is 0 Å². The summed E-state index contributed by atoms with van der Waals surface area (Å²) >= 11 is 0. The minimum absolute atomic E-state index is 0.332. The molecule has 0 bridgehead atoms. The molecular formula is C43H26N2. The van der Waals surface area contributed by atoms with Crippen LogP contribution in [0.3, 0.4) is 0 Å². The lowest BCUT2D eigenvalue weighted by atomic mass is 9.70. The molecule has 2 aliphatic carbocycles. The van der Waals surface area contributed by atoms with Crippen LogP contribution >= 0.6 is 0 Å². The second kappa shape index (κ2) is 9.07. The first-order valence-electron chi connectivity index (χ1n) is 15.5. The average Bonchev–Trinajstić information content (AvgIpc) is 3.58. The molecule has 2 nitrogen and oxygen atoms in total. The molecule has 10 rings (SSSR count). The second-order valence-corrected chi connectivity index (χ2v) is 12.1. The molecule has 1 spiro atoms. The second-order valence-electron chi connectivity index (χ2n) is 12.1. The zero-order valence-corrected chi connectivity index (χ0v) is 24.4. The Morgan fingerprint density at radius 2 is 0.911 bits per heavy atom. The quantitative estimate of drug-likeness (QED) is 0.193. The first kappa shape index (κ1) is 24.6. The Morgan fingerprint density at radius 1 is 0.378 bits per heavy atom. The lowest BCUT2D eigenvalue weighted by Crippen LogP contribution is -2.25. The lowest BCUT2D eigenvalue weighted by Gasteiger charge is -2.30. The van der Waals surface area contributed by atoms with Gasteiger partial charge < -0.3 is 0 Å². The predicted molar refractivity (Wildman–Crippen MR) is 184 cm³/mol. The summed E-state index contributed by atoms with van der Waals surface area (Å²) in [4.78, 5) is 9.71. The molecule has 0 saturated heterocycles. The van der Waals surface area contributed by atoms with Crippen LogP contribution in [-0.4, -0.2) is 9.97 Å². The summed E-state index contributed by atoms with van der Waals surface area (Å²) in [5.41, 5.74) is 16.8. The first-order valence-corrected chi connectivity index (χ1v) is 15.5. The normalized spacial score (nSPS) is 13.5. The summed E-state index contributed by atoms with van der Waals surface area (Å²) in [7, 11) is 0. The monoisotopic (exact) mass is 570 g/mol. The third-order valence-corrected chi connectivity index (χ3v) is 9.94. The van der Waals surface area contributed by atoms with Gasteiger partial charge in [0.15, 0.2) is 0 Å². The van der Waals surface area contributed by atoms with Gasteiger partial charge in [-0.05, 0) is 73.8 Å². The molecule has 6 aromatic carbocycles. The molecule has 0 fully saturated rings. The van der Waals surface area contributed by atoms with Crippen molar-refractivity contribution >= 4 is 21.8 Å². The van der Waals surface area contributed by atoms with E-state index in [9.17, 15) is 0 Å². The van der Waals surface area contributed by atoms with Gasteiger partial charge in [0.1, 0.15) is 0 Å². The highest BCUT2D eigenvalue weighted by Gasteiger charge is 2.51. The van der Waals surface area contributed by atoms with Crippen molar-refractivity contribution in [3.63, 3.8) is 0 Å². The van der Waals surface area contributed by atoms with Crippen molar-refractivity contribution in [3.8, 4) is 44.6 Å². The van der Waals surface area contributed by atoms with Gasteiger partial charge >= 0.3 is 0 Å². The molecule has 45 heavy (non-hydrogen) atoms. The number of rotatable bonds is 2. The Bertz CT molecular complexity index is 2430. The lowest BCUT2D eigenvalue weighted by molar-refractivity contribution is 0.794. The van der Waals surface area contributed by atoms with Crippen molar-refractivity contribution in [3.05, 3.63) is 180 Å². The molecule has 0 aliphatic heterocycles. The van der Waals surface area contributed by atoms with Gasteiger partial charge in [-0.15, -0.1) is 0 Å². The van der Waals surface area contributed by atoms with Crippen molar-refractivity contribution in [2.45, 2.75) is 5.41 Å². The molecule has 2 aromatic heterocycles. The summed E-state index contributed by atoms with van der Waals surface area (Å²) in [6, 6.07) is 55.4. The van der Waals surface area contributed by atoms with E-state index in [-0.39, 0.29) is 5.41 Å². The molecule has 0 atom stereocenters. The maximum absolute atomic E-state index is 5.07. The molecular weight excluding hydrogens is 544 g/mol. The van der Waals surface area contributed by atoms with Crippen LogP contribution in [0.1, 0.15) is 22.3 Å². The largest absolute Gasteiger partial charge is 0.254 e. The molecule has 208 valence electrons. The summed E-state index contributed by atoms with van der Waals surface area (Å²) in [5.74, 6) is 0. The van der Waals surface area contributed by atoms with Crippen LogP contribution in [0.5, 0.6) is 0 Å². The Hall–Kier alpha value is -5.86. The zero-order valence-electron chi connectivity index (χ0n) is 24.4. The van der Waals surface area contributed by atoms with E-state index in [1.165, 1.54) is 55.6 Å². The van der Waals surface area contributed by atoms with Gasteiger partial charge in [-0.2, -0.15) is 0 Å². The fourth-order valence-electron chi connectivity index (χ4n) is 7.99. The van der Waals surface area contributed by atoms with E-state index in [4.69, 9.17) is 4.98 Å². The minimum Gasteiger partial charge on any atom is -0.254 e. The Balaban J connectivity index is 1.12. The topological polar surface area (TPSA) is 25.8 Å². The van der Waals surface area contributed by atoms with E-state index in [0.717, 1.165) is 33.1 Å². The number of hydrogen-bond donors (Lipinski definition) is 0. The Morgan fingerprint density at radius 3 is 1.58 bits per heavy atom. The smallest absolute Gasteiger partial charge is 0.0972 e. The van der Waals surface area contributed by atoms with Gasteiger partial charge in [0.25, 0.3) is 0 Å². The number of nitrogens with zero attached hydrogens (tertiary/aromatic N) is 2. The molecule has 2 heterocycles. The minimum atomic E-state index is -0.332.